The number of ether oxygens (including phenoxy) is 3. The molecule has 0 saturated carbocycles. The number of pyridine rings is 2. The molecule has 0 aliphatic carbocycles. The predicted octanol–water partition coefficient (Wildman–Crippen LogP) is 6.13. The molecule has 2 aromatic carbocycles. The predicted molar refractivity (Wildman–Crippen MR) is 113 cm³/mol. The van der Waals surface area contributed by atoms with Crippen LogP contribution in [0.5, 0.6) is 29.0 Å². The lowest BCUT2D eigenvalue weighted by molar-refractivity contribution is 0.176. The number of aromatic nitrogens is 2. The maximum absolute atomic E-state index is 6.29. The highest BCUT2D eigenvalue weighted by Crippen LogP contribution is 2.38. The van der Waals surface area contributed by atoms with Gasteiger partial charge in [0.1, 0.15) is 23.4 Å². The van der Waals surface area contributed by atoms with Crippen LogP contribution in [0.15, 0.2) is 91.3 Å². The Hall–Kier alpha value is -3.86. The highest BCUT2D eigenvalue weighted by Gasteiger charge is 2.22. The summed E-state index contributed by atoms with van der Waals surface area (Å²) in [6, 6.07) is 25.1. The van der Waals surface area contributed by atoms with Crippen molar-refractivity contribution in [1.82, 2.24) is 9.97 Å². The lowest BCUT2D eigenvalue weighted by Crippen LogP contribution is -2.15. The van der Waals surface area contributed by atoms with Gasteiger partial charge in [-0.3, -0.25) is 0 Å². The van der Waals surface area contributed by atoms with Gasteiger partial charge in [0.05, 0.1) is 0 Å². The fraction of sp³-hybridized carbons (Fsp3) is 0.120. The van der Waals surface area contributed by atoms with Gasteiger partial charge in [0.2, 0.25) is 11.8 Å². The third-order valence-corrected chi connectivity index (χ3v) is 4.93. The molecule has 0 fully saturated rings. The van der Waals surface area contributed by atoms with Crippen LogP contribution in [0.2, 0.25) is 0 Å². The van der Waals surface area contributed by atoms with Crippen LogP contribution in [0.4, 0.5) is 0 Å². The zero-order valence-corrected chi connectivity index (χ0v) is 16.3. The molecular weight excluding hydrogens is 376 g/mol. The van der Waals surface area contributed by atoms with Crippen molar-refractivity contribution >= 4 is 0 Å². The van der Waals surface area contributed by atoms with Crippen LogP contribution in [-0.2, 0) is 6.42 Å². The molecule has 0 N–H and O–H groups in total. The Morgan fingerprint density at radius 1 is 0.733 bits per heavy atom. The van der Waals surface area contributed by atoms with E-state index in [4.69, 9.17) is 14.2 Å². The van der Waals surface area contributed by atoms with Crippen LogP contribution >= 0.6 is 0 Å². The summed E-state index contributed by atoms with van der Waals surface area (Å²) in [4.78, 5) is 8.42. The first kappa shape index (κ1) is 18.2. The Kier molecular flexibility index (Phi) is 5.00. The van der Waals surface area contributed by atoms with E-state index in [1.807, 2.05) is 72.8 Å². The van der Waals surface area contributed by atoms with Gasteiger partial charge in [-0.15, -0.1) is 0 Å². The molecule has 148 valence electrons. The van der Waals surface area contributed by atoms with E-state index in [0.717, 1.165) is 41.2 Å². The van der Waals surface area contributed by atoms with Crippen molar-refractivity contribution in [3.05, 3.63) is 102 Å². The molecule has 3 heterocycles. The van der Waals surface area contributed by atoms with E-state index in [-0.39, 0.29) is 6.10 Å². The number of rotatable bonds is 5. The Morgan fingerprint density at radius 3 is 2.17 bits per heavy atom. The van der Waals surface area contributed by atoms with Gasteiger partial charge in [-0.25, -0.2) is 9.97 Å². The van der Waals surface area contributed by atoms with Gasteiger partial charge in [0.15, 0.2) is 0 Å². The normalized spacial score (nSPS) is 15.0. The molecular formula is C25H20N2O3. The molecule has 1 unspecified atom stereocenters. The summed E-state index contributed by atoms with van der Waals surface area (Å²) in [5, 5.41) is 0. The second-order valence-electron chi connectivity index (χ2n) is 7.03. The summed E-state index contributed by atoms with van der Waals surface area (Å²) in [6.45, 7) is 0. The summed E-state index contributed by atoms with van der Waals surface area (Å²) < 4.78 is 18.0. The topological polar surface area (TPSA) is 53.5 Å². The number of hydrogen-bond acceptors (Lipinski definition) is 5. The van der Waals surface area contributed by atoms with E-state index >= 15 is 0 Å². The summed E-state index contributed by atoms with van der Waals surface area (Å²) in [7, 11) is 0. The van der Waals surface area contributed by atoms with Crippen molar-refractivity contribution in [2.24, 2.45) is 0 Å². The van der Waals surface area contributed by atoms with E-state index in [1.165, 1.54) is 0 Å². The maximum atomic E-state index is 6.29. The molecule has 30 heavy (non-hydrogen) atoms. The number of hydrogen-bond donors (Lipinski definition) is 0. The summed E-state index contributed by atoms with van der Waals surface area (Å²) in [6.07, 6.45) is 5.20. The fourth-order valence-electron chi connectivity index (χ4n) is 3.50. The molecule has 1 atom stereocenters. The summed E-state index contributed by atoms with van der Waals surface area (Å²) >= 11 is 0. The van der Waals surface area contributed by atoms with Gasteiger partial charge >= 0.3 is 0 Å². The minimum Gasteiger partial charge on any atom is -0.485 e. The van der Waals surface area contributed by atoms with Crippen molar-refractivity contribution in [1.29, 1.82) is 0 Å². The van der Waals surface area contributed by atoms with Crippen LogP contribution in [0.1, 0.15) is 23.7 Å². The third-order valence-electron chi connectivity index (χ3n) is 4.93. The quantitative estimate of drug-likeness (QED) is 0.406. The molecule has 0 amide bonds. The Labute approximate surface area is 174 Å². The first-order chi connectivity index (χ1) is 14.8. The fourth-order valence-corrected chi connectivity index (χ4v) is 3.50. The highest BCUT2D eigenvalue weighted by atomic mass is 16.5. The number of aryl methyl sites for hydroxylation is 1. The Bertz CT molecular complexity index is 1130. The van der Waals surface area contributed by atoms with Crippen molar-refractivity contribution in [3.63, 3.8) is 0 Å². The lowest BCUT2D eigenvalue weighted by Gasteiger charge is -2.27. The molecule has 0 radical (unpaired) electrons. The zero-order chi connectivity index (χ0) is 20.2. The van der Waals surface area contributed by atoms with Crippen molar-refractivity contribution < 1.29 is 14.2 Å². The van der Waals surface area contributed by atoms with Crippen molar-refractivity contribution in [2.75, 3.05) is 0 Å². The smallest absolute Gasteiger partial charge is 0.219 e. The van der Waals surface area contributed by atoms with Gasteiger partial charge in [-0.1, -0.05) is 24.3 Å². The summed E-state index contributed by atoms with van der Waals surface area (Å²) in [5.74, 6) is 3.55. The molecule has 2 aromatic heterocycles. The maximum Gasteiger partial charge on any atom is 0.219 e. The zero-order valence-electron chi connectivity index (χ0n) is 16.3. The minimum absolute atomic E-state index is 0.0210. The minimum atomic E-state index is -0.0210. The van der Waals surface area contributed by atoms with Crippen molar-refractivity contribution in [3.8, 4) is 29.0 Å². The largest absolute Gasteiger partial charge is 0.485 e. The number of benzene rings is 2. The van der Waals surface area contributed by atoms with Crippen molar-refractivity contribution in [2.45, 2.75) is 18.9 Å². The SMILES string of the molecule is c1ccc(Oc2cccc(C3CCc4cc(Oc5ccccn5)ccc4O3)c2)nc1. The number of fused-ring (bicyclic) bond motifs is 1. The summed E-state index contributed by atoms with van der Waals surface area (Å²) in [5.41, 5.74) is 2.23. The Balaban J connectivity index is 1.30. The third kappa shape index (κ3) is 4.10. The van der Waals surface area contributed by atoms with Crippen LogP contribution < -0.4 is 14.2 Å². The van der Waals surface area contributed by atoms with E-state index in [9.17, 15) is 0 Å². The van der Waals surface area contributed by atoms with Gasteiger partial charge < -0.3 is 14.2 Å². The molecule has 5 rings (SSSR count). The van der Waals surface area contributed by atoms with E-state index in [1.54, 1.807) is 12.4 Å². The molecule has 1 aliphatic rings. The molecule has 5 heteroatoms. The monoisotopic (exact) mass is 396 g/mol. The average molecular weight is 396 g/mol. The molecule has 4 aromatic rings. The van der Waals surface area contributed by atoms with E-state index in [0.29, 0.717) is 11.8 Å². The molecule has 0 bridgehead atoms. The molecule has 0 saturated heterocycles. The van der Waals surface area contributed by atoms with Gasteiger partial charge in [0.25, 0.3) is 0 Å². The Morgan fingerprint density at radius 2 is 1.47 bits per heavy atom. The first-order valence-corrected chi connectivity index (χ1v) is 9.91. The van der Waals surface area contributed by atoms with Crippen LogP contribution in [0.3, 0.4) is 0 Å². The van der Waals surface area contributed by atoms with Gasteiger partial charge in [0, 0.05) is 24.5 Å². The first-order valence-electron chi connectivity index (χ1n) is 9.91. The van der Waals surface area contributed by atoms with Gasteiger partial charge in [-0.05, 0) is 66.4 Å². The second kappa shape index (κ2) is 8.25. The molecule has 0 spiro atoms. The molecule has 1 aliphatic heterocycles. The van der Waals surface area contributed by atoms with Crippen LogP contribution in [-0.4, -0.2) is 9.97 Å². The average Bonchev–Trinajstić information content (AvgIpc) is 2.80. The van der Waals surface area contributed by atoms with E-state index in [2.05, 4.69) is 16.0 Å². The molecule has 5 nitrogen and oxygen atoms in total. The highest BCUT2D eigenvalue weighted by molar-refractivity contribution is 5.44. The van der Waals surface area contributed by atoms with Crippen LogP contribution in [0, 0.1) is 0 Å². The second-order valence-corrected chi connectivity index (χ2v) is 7.03. The lowest BCUT2D eigenvalue weighted by atomic mass is 9.97. The number of nitrogens with zero attached hydrogens (tertiary/aromatic N) is 2. The van der Waals surface area contributed by atoms with Gasteiger partial charge in [-0.2, -0.15) is 0 Å². The van der Waals surface area contributed by atoms with Crippen LogP contribution in [0.25, 0.3) is 0 Å². The standard InChI is InChI=1S/C25H20N2O3/c1-3-14-26-24(8-1)28-20-7-5-6-18(16-20)22-12-10-19-17-21(11-13-23(19)30-22)29-25-9-2-4-15-27-25/h1-9,11,13-17,22H,10,12H2. The van der Waals surface area contributed by atoms with E-state index < -0.39 is 0 Å².